The van der Waals surface area contributed by atoms with Crippen LogP contribution in [0.3, 0.4) is 0 Å². The molecule has 0 unspecified atom stereocenters. The van der Waals surface area contributed by atoms with Crippen molar-refractivity contribution in [2.75, 3.05) is 5.32 Å². The highest BCUT2D eigenvalue weighted by Crippen LogP contribution is 2.16. The molecule has 0 atom stereocenters. The molecule has 0 aromatic heterocycles. The van der Waals surface area contributed by atoms with Gasteiger partial charge in [-0.15, -0.1) is 17.4 Å². The zero-order valence-corrected chi connectivity index (χ0v) is 16.7. The number of imide groups is 1. The summed E-state index contributed by atoms with van der Waals surface area (Å²) in [5.41, 5.74) is 0.913. The Morgan fingerprint density at radius 3 is 2.39 bits per heavy atom. The summed E-state index contributed by atoms with van der Waals surface area (Å²) in [4.78, 5) is 51.6. The van der Waals surface area contributed by atoms with Crippen LogP contribution in [0.15, 0.2) is 35.6 Å². The summed E-state index contributed by atoms with van der Waals surface area (Å²) in [5, 5.41) is 22.0. The fourth-order valence-corrected chi connectivity index (χ4v) is 2.75. The average Bonchev–Trinajstić information content (AvgIpc) is 3.06. The molecular weight excluding hydrogens is 402 g/mol. The summed E-state index contributed by atoms with van der Waals surface area (Å²) in [6.45, 7) is 0. The Morgan fingerprint density at radius 2 is 1.81 bits per heavy atom. The van der Waals surface area contributed by atoms with Gasteiger partial charge in [-0.25, -0.2) is 4.79 Å². The van der Waals surface area contributed by atoms with E-state index in [2.05, 4.69) is 11.2 Å². The zero-order valence-electron chi connectivity index (χ0n) is 16.7. The van der Waals surface area contributed by atoms with Crippen LogP contribution in [0.2, 0.25) is 0 Å². The number of aryl methyl sites for hydroxylation is 1. The van der Waals surface area contributed by atoms with Gasteiger partial charge in [0.25, 0.3) is 17.7 Å². The molecule has 3 amide bonds. The van der Waals surface area contributed by atoms with Gasteiger partial charge in [-0.2, -0.15) is 5.26 Å². The first-order valence-corrected chi connectivity index (χ1v) is 9.58. The van der Waals surface area contributed by atoms with Gasteiger partial charge < -0.3 is 15.3 Å². The Labute approximate surface area is 179 Å². The number of carbonyl (C=O) groups is 4. The molecule has 31 heavy (non-hydrogen) atoms. The number of amides is 3. The van der Waals surface area contributed by atoms with Crippen LogP contribution in [0.4, 0.5) is 5.69 Å². The monoisotopic (exact) mass is 423 g/mol. The standard InChI is InChI=1S/C22H21N3O6/c1-2-3-6-18(26)17(14-23)22(30)24-16-10-8-15(9-11-16)5-4-7-21(29)31-25-19(27)12-13-20(25)28/h1,8-11,26H,3-7,12-13H2,(H,24,30)/b18-17-. The van der Waals surface area contributed by atoms with E-state index in [4.69, 9.17) is 16.5 Å². The molecule has 2 N–H and O–H groups in total. The average molecular weight is 423 g/mol. The number of aliphatic hydroxyl groups is 1. The molecule has 0 aliphatic carbocycles. The van der Waals surface area contributed by atoms with E-state index >= 15 is 0 Å². The molecule has 0 spiro atoms. The van der Waals surface area contributed by atoms with Gasteiger partial charge in [0.15, 0.2) is 5.57 Å². The summed E-state index contributed by atoms with van der Waals surface area (Å²) in [6, 6.07) is 8.40. The lowest BCUT2D eigenvalue weighted by Gasteiger charge is -2.12. The van der Waals surface area contributed by atoms with Crippen molar-refractivity contribution in [3.63, 3.8) is 0 Å². The molecule has 1 heterocycles. The van der Waals surface area contributed by atoms with Gasteiger partial charge in [-0.3, -0.25) is 14.4 Å². The number of rotatable bonds is 9. The molecule has 0 saturated carbocycles. The fourth-order valence-electron chi connectivity index (χ4n) is 2.75. The van der Waals surface area contributed by atoms with Crippen LogP contribution in [-0.2, 0) is 30.4 Å². The number of aliphatic hydroxyl groups excluding tert-OH is 1. The smallest absolute Gasteiger partial charge is 0.333 e. The zero-order chi connectivity index (χ0) is 22.8. The second-order valence-corrected chi connectivity index (χ2v) is 6.69. The van der Waals surface area contributed by atoms with E-state index < -0.39 is 29.3 Å². The minimum absolute atomic E-state index is 0.0306. The summed E-state index contributed by atoms with van der Waals surface area (Å²) >= 11 is 0. The molecule has 9 heteroatoms. The number of nitrogens with one attached hydrogen (secondary N) is 1. The number of hydrogen-bond donors (Lipinski definition) is 2. The Bertz CT molecular complexity index is 966. The number of carbonyl (C=O) groups excluding carboxylic acids is 4. The lowest BCUT2D eigenvalue weighted by Crippen LogP contribution is -2.31. The predicted octanol–water partition coefficient (Wildman–Crippen LogP) is 2.30. The van der Waals surface area contributed by atoms with Crippen LogP contribution in [0.25, 0.3) is 0 Å². The largest absolute Gasteiger partial charge is 0.511 e. The summed E-state index contributed by atoms with van der Waals surface area (Å²) in [5.74, 6) is -0.475. The lowest BCUT2D eigenvalue weighted by molar-refractivity contribution is -0.197. The highest BCUT2D eigenvalue weighted by Gasteiger charge is 2.32. The molecule has 1 fully saturated rings. The number of hydrogen-bond acceptors (Lipinski definition) is 7. The first-order valence-electron chi connectivity index (χ1n) is 9.58. The minimum atomic E-state index is -0.737. The third-order valence-electron chi connectivity index (χ3n) is 4.39. The van der Waals surface area contributed by atoms with Gasteiger partial charge in [0.05, 0.1) is 0 Å². The number of nitriles is 1. The molecule has 1 saturated heterocycles. The Balaban J connectivity index is 1.82. The van der Waals surface area contributed by atoms with Crippen molar-refractivity contribution < 1.29 is 29.1 Å². The molecule has 9 nitrogen and oxygen atoms in total. The highest BCUT2D eigenvalue weighted by atomic mass is 16.7. The number of hydroxylamine groups is 2. The first kappa shape index (κ1) is 23.2. The Kier molecular flexibility index (Phi) is 8.35. The van der Waals surface area contributed by atoms with E-state index in [1.807, 2.05) is 0 Å². The summed E-state index contributed by atoms with van der Waals surface area (Å²) in [7, 11) is 0. The minimum Gasteiger partial charge on any atom is -0.511 e. The van der Waals surface area contributed by atoms with Crippen LogP contribution in [-0.4, -0.2) is 33.9 Å². The number of allylic oxidation sites excluding steroid dienone is 1. The molecule has 1 aromatic carbocycles. The van der Waals surface area contributed by atoms with Crippen molar-refractivity contribution in [2.45, 2.75) is 44.9 Å². The van der Waals surface area contributed by atoms with Crippen molar-refractivity contribution in [1.29, 1.82) is 5.26 Å². The second kappa shape index (κ2) is 11.2. The molecule has 2 rings (SSSR count). The lowest BCUT2D eigenvalue weighted by atomic mass is 10.1. The number of nitrogens with zero attached hydrogens (tertiary/aromatic N) is 2. The second-order valence-electron chi connectivity index (χ2n) is 6.69. The first-order chi connectivity index (χ1) is 14.8. The van der Waals surface area contributed by atoms with Gasteiger partial charge in [-0.1, -0.05) is 12.1 Å². The van der Waals surface area contributed by atoms with Crippen LogP contribution >= 0.6 is 0 Å². The number of terminal acetylenes is 1. The van der Waals surface area contributed by atoms with Crippen molar-refractivity contribution in [2.24, 2.45) is 0 Å². The highest BCUT2D eigenvalue weighted by molar-refractivity contribution is 6.06. The van der Waals surface area contributed by atoms with Crippen LogP contribution < -0.4 is 5.32 Å². The molecule has 0 bridgehead atoms. The molecule has 1 aromatic rings. The third kappa shape index (κ3) is 6.72. The fraction of sp³-hybridized carbons (Fsp3) is 0.318. The van der Waals surface area contributed by atoms with Crippen molar-refractivity contribution in [3.8, 4) is 18.4 Å². The van der Waals surface area contributed by atoms with E-state index in [1.54, 1.807) is 30.3 Å². The third-order valence-corrected chi connectivity index (χ3v) is 4.39. The van der Waals surface area contributed by atoms with Gasteiger partial charge in [0.1, 0.15) is 11.8 Å². The Hall–Kier alpha value is -4.11. The maximum Gasteiger partial charge on any atom is 0.333 e. The van der Waals surface area contributed by atoms with Crippen LogP contribution in [0.5, 0.6) is 0 Å². The SMILES string of the molecule is C#CCC/C(O)=C(\C#N)C(=O)Nc1ccc(CCCC(=O)ON2C(=O)CCC2=O)cc1. The molecule has 1 aliphatic heterocycles. The van der Waals surface area contributed by atoms with Gasteiger partial charge in [0, 0.05) is 37.8 Å². The summed E-state index contributed by atoms with van der Waals surface area (Å²) < 4.78 is 0. The van der Waals surface area contributed by atoms with E-state index in [-0.39, 0.29) is 37.9 Å². The van der Waals surface area contributed by atoms with Gasteiger partial charge >= 0.3 is 5.97 Å². The maximum absolute atomic E-state index is 12.2. The van der Waals surface area contributed by atoms with E-state index in [9.17, 15) is 24.3 Å². The molecule has 160 valence electrons. The van der Waals surface area contributed by atoms with Gasteiger partial charge in [-0.05, 0) is 30.5 Å². The topological polar surface area (TPSA) is 137 Å². The van der Waals surface area contributed by atoms with Crippen LogP contribution in [0.1, 0.15) is 44.1 Å². The van der Waals surface area contributed by atoms with E-state index in [0.717, 1.165) is 5.56 Å². The molecule has 0 radical (unpaired) electrons. The van der Waals surface area contributed by atoms with Crippen molar-refractivity contribution >= 4 is 29.4 Å². The van der Waals surface area contributed by atoms with E-state index in [1.165, 1.54) is 0 Å². The number of anilines is 1. The van der Waals surface area contributed by atoms with Crippen molar-refractivity contribution in [1.82, 2.24) is 5.06 Å². The normalized spacial score (nSPS) is 13.8. The quantitative estimate of drug-likeness (QED) is 0.204. The van der Waals surface area contributed by atoms with Crippen molar-refractivity contribution in [3.05, 3.63) is 41.2 Å². The maximum atomic E-state index is 12.2. The van der Waals surface area contributed by atoms with Gasteiger partial charge in [0.2, 0.25) is 0 Å². The number of benzene rings is 1. The van der Waals surface area contributed by atoms with E-state index in [0.29, 0.717) is 23.6 Å². The summed E-state index contributed by atoms with van der Waals surface area (Å²) in [6.07, 6.45) is 6.44. The molecule has 1 aliphatic rings. The van der Waals surface area contributed by atoms with Crippen LogP contribution in [0, 0.1) is 23.7 Å². The Morgan fingerprint density at radius 1 is 1.16 bits per heavy atom. The predicted molar refractivity (Wildman–Crippen MR) is 109 cm³/mol. The molecular formula is C22H21N3O6.